The molecule has 0 aliphatic carbocycles. The van der Waals surface area contributed by atoms with E-state index in [1.165, 1.54) is 6.20 Å². The summed E-state index contributed by atoms with van der Waals surface area (Å²) >= 11 is 0. The van der Waals surface area contributed by atoms with Crippen molar-refractivity contribution in [3.8, 4) is 0 Å². The van der Waals surface area contributed by atoms with Crippen molar-refractivity contribution < 1.29 is 0 Å². The minimum absolute atomic E-state index is 0.766. The third-order valence-corrected chi connectivity index (χ3v) is 1.73. The maximum Gasteiger partial charge on any atom is 0.0320 e. The van der Waals surface area contributed by atoms with Crippen LogP contribution in [0.2, 0.25) is 0 Å². The molecule has 1 rings (SSSR count). The Morgan fingerprint density at radius 3 is 2.27 bits per heavy atom. The third kappa shape index (κ3) is 4.36. The lowest BCUT2D eigenvalue weighted by Crippen LogP contribution is -1.88. The molecule has 2 nitrogen and oxygen atoms in total. The second-order valence-electron chi connectivity index (χ2n) is 2.75. The topological polar surface area (TPSA) is 52.0 Å². The van der Waals surface area contributed by atoms with Crippen molar-refractivity contribution in [3.63, 3.8) is 0 Å². The van der Waals surface area contributed by atoms with Gasteiger partial charge in [-0.1, -0.05) is 32.1 Å². The van der Waals surface area contributed by atoms with Crippen LogP contribution < -0.4 is 11.5 Å². The van der Waals surface area contributed by atoms with E-state index in [2.05, 4.69) is 0 Å². The normalized spacial score (nSPS) is 10.3. The van der Waals surface area contributed by atoms with Crippen LogP contribution in [0.5, 0.6) is 0 Å². The van der Waals surface area contributed by atoms with E-state index in [9.17, 15) is 0 Å². The van der Waals surface area contributed by atoms with Gasteiger partial charge in [0, 0.05) is 5.69 Å². The first-order valence-electron chi connectivity index (χ1n) is 5.18. The summed E-state index contributed by atoms with van der Waals surface area (Å²) in [6, 6.07) is 5.74. The fraction of sp³-hybridized carbons (Fsp3) is 0.231. The first-order valence-corrected chi connectivity index (χ1v) is 5.18. The van der Waals surface area contributed by atoms with Crippen molar-refractivity contribution in [3.05, 3.63) is 41.6 Å². The molecule has 0 saturated carbocycles. The zero-order chi connectivity index (χ0) is 11.7. The van der Waals surface area contributed by atoms with Crippen LogP contribution in [-0.4, -0.2) is 0 Å². The molecule has 2 heteroatoms. The Kier molecular flexibility index (Phi) is 6.81. The SMILES string of the molecule is C/C=C\c1cc(N)ccc1/C=C/N.CC. The van der Waals surface area contributed by atoms with Gasteiger partial charge in [0.2, 0.25) is 0 Å². The van der Waals surface area contributed by atoms with Gasteiger partial charge >= 0.3 is 0 Å². The molecular weight excluding hydrogens is 184 g/mol. The standard InChI is InChI=1S/C11H14N2.C2H6/c1-2-3-10-8-11(13)5-4-9(10)6-7-12;1-2/h2-8H,12-13H2,1H3;1-2H3/b3-2-,7-6+;. The molecule has 0 aromatic heterocycles. The van der Waals surface area contributed by atoms with Crippen molar-refractivity contribution >= 4 is 17.8 Å². The Morgan fingerprint density at radius 2 is 1.73 bits per heavy atom. The summed E-state index contributed by atoms with van der Waals surface area (Å²) in [5.41, 5.74) is 13.9. The molecule has 4 N–H and O–H groups in total. The van der Waals surface area contributed by atoms with Gasteiger partial charge < -0.3 is 11.5 Å². The summed E-state index contributed by atoms with van der Waals surface area (Å²) in [5, 5.41) is 0. The molecule has 0 aliphatic rings. The summed E-state index contributed by atoms with van der Waals surface area (Å²) in [5.74, 6) is 0. The van der Waals surface area contributed by atoms with Crippen LogP contribution in [0.25, 0.3) is 12.2 Å². The molecule has 82 valence electrons. The molecule has 0 unspecified atom stereocenters. The van der Waals surface area contributed by atoms with E-state index in [-0.39, 0.29) is 0 Å². The Hall–Kier alpha value is -1.70. The summed E-state index contributed by atoms with van der Waals surface area (Å²) in [4.78, 5) is 0. The third-order valence-electron chi connectivity index (χ3n) is 1.73. The molecule has 0 atom stereocenters. The highest BCUT2D eigenvalue weighted by Crippen LogP contribution is 2.16. The number of anilines is 1. The van der Waals surface area contributed by atoms with Crippen molar-refractivity contribution in [1.82, 2.24) is 0 Å². The van der Waals surface area contributed by atoms with Gasteiger partial charge in [0.15, 0.2) is 0 Å². The Balaban J connectivity index is 0.000000921. The highest BCUT2D eigenvalue weighted by molar-refractivity contribution is 5.68. The van der Waals surface area contributed by atoms with Crippen LogP contribution in [0.3, 0.4) is 0 Å². The van der Waals surface area contributed by atoms with Gasteiger partial charge in [-0.05, 0) is 42.5 Å². The van der Waals surface area contributed by atoms with E-state index >= 15 is 0 Å². The molecular formula is C13H20N2. The van der Waals surface area contributed by atoms with Gasteiger partial charge in [-0.25, -0.2) is 0 Å². The number of benzene rings is 1. The second kappa shape index (κ2) is 7.68. The molecule has 0 spiro atoms. The zero-order valence-electron chi connectivity index (χ0n) is 9.70. The average Bonchev–Trinajstić information content (AvgIpc) is 2.26. The number of nitrogen functional groups attached to an aromatic ring is 1. The molecule has 15 heavy (non-hydrogen) atoms. The molecule has 0 heterocycles. The van der Waals surface area contributed by atoms with E-state index < -0.39 is 0 Å². The van der Waals surface area contributed by atoms with Crippen LogP contribution in [0.4, 0.5) is 5.69 Å². The molecule has 0 radical (unpaired) electrons. The fourth-order valence-corrected chi connectivity index (χ4v) is 1.17. The quantitative estimate of drug-likeness (QED) is 0.726. The van der Waals surface area contributed by atoms with E-state index in [4.69, 9.17) is 11.5 Å². The van der Waals surface area contributed by atoms with Gasteiger partial charge in [0.1, 0.15) is 0 Å². The smallest absolute Gasteiger partial charge is 0.0320 e. The molecule has 1 aromatic rings. The van der Waals surface area contributed by atoms with Crippen LogP contribution in [0.15, 0.2) is 30.5 Å². The number of allylic oxidation sites excluding steroid dienone is 1. The Morgan fingerprint density at radius 1 is 1.07 bits per heavy atom. The molecule has 0 amide bonds. The van der Waals surface area contributed by atoms with Gasteiger partial charge in [-0.2, -0.15) is 0 Å². The predicted octanol–water partition coefficient (Wildman–Crippen LogP) is 3.26. The van der Waals surface area contributed by atoms with E-state index in [1.807, 2.05) is 57.2 Å². The maximum atomic E-state index is 5.66. The minimum Gasteiger partial charge on any atom is -0.405 e. The summed E-state index contributed by atoms with van der Waals surface area (Å²) in [6.45, 7) is 5.97. The number of rotatable bonds is 2. The summed E-state index contributed by atoms with van der Waals surface area (Å²) < 4.78 is 0. The Labute approximate surface area is 92.3 Å². The van der Waals surface area contributed by atoms with Gasteiger partial charge in [0.05, 0.1) is 0 Å². The fourth-order valence-electron chi connectivity index (χ4n) is 1.17. The average molecular weight is 204 g/mol. The van der Waals surface area contributed by atoms with Crippen LogP contribution in [0, 0.1) is 0 Å². The zero-order valence-corrected chi connectivity index (χ0v) is 9.70. The second-order valence-corrected chi connectivity index (χ2v) is 2.75. The van der Waals surface area contributed by atoms with Crippen molar-refractivity contribution in [2.75, 3.05) is 5.73 Å². The number of hydrogen-bond donors (Lipinski definition) is 2. The van der Waals surface area contributed by atoms with Crippen molar-refractivity contribution in [2.45, 2.75) is 20.8 Å². The monoisotopic (exact) mass is 204 g/mol. The van der Waals surface area contributed by atoms with Crippen LogP contribution in [0.1, 0.15) is 31.9 Å². The Bertz CT molecular complexity index is 338. The lowest BCUT2D eigenvalue weighted by molar-refractivity contribution is 1.50. The molecule has 1 aromatic carbocycles. The van der Waals surface area contributed by atoms with E-state index in [0.717, 1.165) is 16.8 Å². The van der Waals surface area contributed by atoms with Crippen LogP contribution >= 0.6 is 0 Å². The summed E-state index contributed by atoms with van der Waals surface area (Å²) in [6.07, 6.45) is 7.36. The summed E-state index contributed by atoms with van der Waals surface area (Å²) in [7, 11) is 0. The molecule has 0 aliphatic heterocycles. The lowest BCUT2D eigenvalue weighted by Gasteiger charge is -2.01. The molecule has 0 bridgehead atoms. The van der Waals surface area contributed by atoms with E-state index in [1.54, 1.807) is 0 Å². The number of hydrogen-bond acceptors (Lipinski definition) is 2. The van der Waals surface area contributed by atoms with Crippen LogP contribution in [-0.2, 0) is 0 Å². The highest BCUT2D eigenvalue weighted by Gasteiger charge is 1.95. The first-order chi connectivity index (χ1) is 7.27. The first kappa shape index (κ1) is 13.3. The number of nitrogens with two attached hydrogens (primary N) is 2. The predicted molar refractivity (Wildman–Crippen MR) is 70.1 cm³/mol. The molecule has 0 fully saturated rings. The van der Waals surface area contributed by atoms with Gasteiger partial charge in [0.25, 0.3) is 0 Å². The van der Waals surface area contributed by atoms with E-state index in [0.29, 0.717) is 0 Å². The lowest BCUT2D eigenvalue weighted by atomic mass is 10.1. The largest absolute Gasteiger partial charge is 0.405 e. The van der Waals surface area contributed by atoms with Gasteiger partial charge in [-0.15, -0.1) is 0 Å². The molecule has 0 saturated heterocycles. The van der Waals surface area contributed by atoms with Crippen molar-refractivity contribution in [1.29, 1.82) is 0 Å². The maximum absolute atomic E-state index is 5.66. The minimum atomic E-state index is 0.766. The highest BCUT2D eigenvalue weighted by atomic mass is 14.5. The van der Waals surface area contributed by atoms with Crippen molar-refractivity contribution in [2.24, 2.45) is 5.73 Å². The van der Waals surface area contributed by atoms with Gasteiger partial charge in [-0.3, -0.25) is 0 Å².